The van der Waals surface area contributed by atoms with Crippen LogP contribution in [0.15, 0.2) is 4.99 Å². The van der Waals surface area contributed by atoms with Crippen LogP contribution in [0.2, 0.25) is 0 Å². The minimum Gasteiger partial charge on any atom is -0.357 e. The maximum atomic E-state index is 12.9. The second kappa shape index (κ2) is 13.0. The third-order valence-corrected chi connectivity index (χ3v) is 4.50. The molecule has 2 N–H and O–H groups in total. The van der Waals surface area contributed by atoms with Crippen molar-refractivity contribution in [3.8, 4) is 0 Å². The third kappa shape index (κ3) is 9.86. The van der Waals surface area contributed by atoms with Crippen LogP contribution < -0.4 is 10.6 Å². The van der Waals surface area contributed by atoms with Gasteiger partial charge in [0.05, 0.1) is 12.5 Å². The maximum Gasteiger partial charge on any atom is 0.391 e. The Labute approximate surface area is 167 Å². The van der Waals surface area contributed by atoms with E-state index < -0.39 is 12.1 Å². The molecule has 2 atom stereocenters. The van der Waals surface area contributed by atoms with Crippen LogP contribution in [-0.4, -0.2) is 55.8 Å². The fraction of sp³-hybridized carbons (Fsp3) is 0.941. The Morgan fingerprint density at radius 3 is 2.44 bits per heavy atom. The number of hydrogen-bond donors (Lipinski definition) is 2. The van der Waals surface area contributed by atoms with Gasteiger partial charge in [-0.25, -0.2) is 0 Å². The highest BCUT2D eigenvalue weighted by Crippen LogP contribution is 2.37. The number of rotatable bonds is 8. The summed E-state index contributed by atoms with van der Waals surface area (Å²) >= 11 is 0. The Kier molecular flexibility index (Phi) is 12.9. The van der Waals surface area contributed by atoms with Gasteiger partial charge in [-0.05, 0) is 45.7 Å². The first-order valence-corrected chi connectivity index (χ1v) is 9.24. The lowest BCUT2D eigenvalue weighted by molar-refractivity contribution is -0.183. The molecule has 1 aliphatic rings. The summed E-state index contributed by atoms with van der Waals surface area (Å²) in [6.45, 7) is 10.5. The Hall–Kier alpha value is -0.250. The van der Waals surface area contributed by atoms with Crippen LogP contribution in [0.25, 0.3) is 0 Å². The van der Waals surface area contributed by atoms with Gasteiger partial charge in [-0.2, -0.15) is 13.2 Å². The largest absolute Gasteiger partial charge is 0.391 e. The third-order valence-electron chi connectivity index (χ3n) is 4.50. The molecule has 0 bridgehead atoms. The van der Waals surface area contributed by atoms with E-state index in [9.17, 15) is 13.2 Å². The maximum absolute atomic E-state index is 12.9. The topological polar surface area (TPSA) is 39.7 Å². The molecule has 0 aliphatic heterocycles. The Morgan fingerprint density at radius 2 is 1.88 bits per heavy atom. The average Bonchev–Trinajstić information content (AvgIpc) is 2.53. The monoisotopic (exact) mass is 478 g/mol. The molecule has 1 rings (SSSR count). The number of nitrogens with zero attached hydrogens (tertiary/aromatic N) is 2. The molecule has 0 amide bonds. The van der Waals surface area contributed by atoms with Crippen LogP contribution in [0, 0.1) is 5.92 Å². The highest BCUT2D eigenvalue weighted by atomic mass is 127. The lowest BCUT2D eigenvalue weighted by atomic mass is 9.85. The van der Waals surface area contributed by atoms with Crippen molar-refractivity contribution in [2.45, 2.75) is 65.1 Å². The minimum atomic E-state index is -4.09. The number of guanidine groups is 1. The van der Waals surface area contributed by atoms with E-state index in [4.69, 9.17) is 0 Å². The van der Waals surface area contributed by atoms with Crippen LogP contribution in [0.5, 0.6) is 0 Å². The summed E-state index contributed by atoms with van der Waals surface area (Å²) in [6.07, 6.45) is -1.20. The number of nitrogens with one attached hydrogen (secondary N) is 2. The molecular weight excluding hydrogens is 444 g/mol. The van der Waals surface area contributed by atoms with E-state index in [1.54, 1.807) is 0 Å². The molecule has 0 aromatic rings. The molecular formula is C17H34F3IN4. The highest BCUT2D eigenvalue weighted by Gasteiger charge is 2.42. The molecule has 1 aliphatic carbocycles. The number of halogens is 4. The van der Waals surface area contributed by atoms with Gasteiger partial charge in [-0.3, -0.25) is 4.99 Å². The van der Waals surface area contributed by atoms with Crippen molar-refractivity contribution < 1.29 is 13.2 Å². The quantitative estimate of drug-likeness (QED) is 0.315. The zero-order chi connectivity index (χ0) is 18.0. The van der Waals surface area contributed by atoms with Crippen molar-refractivity contribution in [1.29, 1.82) is 0 Å². The van der Waals surface area contributed by atoms with E-state index in [2.05, 4.69) is 34.4 Å². The molecule has 1 fully saturated rings. The summed E-state index contributed by atoms with van der Waals surface area (Å²) in [5.74, 6) is -0.551. The minimum absolute atomic E-state index is 0. The van der Waals surface area contributed by atoms with Crippen molar-refractivity contribution in [3.05, 3.63) is 0 Å². The van der Waals surface area contributed by atoms with Crippen molar-refractivity contribution in [3.63, 3.8) is 0 Å². The zero-order valence-electron chi connectivity index (χ0n) is 15.7. The fourth-order valence-electron chi connectivity index (χ4n) is 3.18. The smallest absolute Gasteiger partial charge is 0.357 e. The van der Waals surface area contributed by atoms with Gasteiger partial charge in [0.1, 0.15) is 0 Å². The molecule has 8 heteroatoms. The molecule has 0 heterocycles. The van der Waals surface area contributed by atoms with Gasteiger partial charge in [-0.15, -0.1) is 24.0 Å². The van der Waals surface area contributed by atoms with Gasteiger partial charge < -0.3 is 15.5 Å². The second-order valence-corrected chi connectivity index (χ2v) is 6.44. The van der Waals surface area contributed by atoms with Crippen molar-refractivity contribution in [2.75, 3.05) is 32.7 Å². The van der Waals surface area contributed by atoms with Crippen molar-refractivity contribution in [2.24, 2.45) is 10.9 Å². The predicted molar refractivity (Wildman–Crippen MR) is 109 cm³/mol. The number of aliphatic imine (C=N–C) groups is 1. The van der Waals surface area contributed by atoms with Gasteiger partial charge in [-0.1, -0.05) is 20.3 Å². The van der Waals surface area contributed by atoms with E-state index >= 15 is 0 Å². The number of alkyl halides is 3. The molecule has 150 valence electrons. The van der Waals surface area contributed by atoms with Crippen molar-refractivity contribution in [1.82, 2.24) is 15.5 Å². The summed E-state index contributed by atoms with van der Waals surface area (Å²) < 4.78 is 38.8. The molecule has 1 saturated carbocycles. The van der Waals surface area contributed by atoms with Crippen LogP contribution in [-0.2, 0) is 0 Å². The highest BCUT2D eigenvalue weighted by molar-refractivity contribution is 14.0. The van der Waals surface area contributed by atoms with Gasteiger partial charge in [0.2, 0.25) is 0 Å². The first-order chi connectivity index (χ1) is 11.4. The molecule has 0 radical (unpaired) electrons. The fourth-order valence-corrected chi connectivity index (χ4v) is 3.18. The normalized spacial score (nSPS) is 21.8. The van der Waals surface area contributed by atoms with Crippen LogP contribution in [0.4, 0.5) is 13.2 Å². The summed E-state index contributed by atoms with van der Waals surface area (Å²) in [7, 11) is 0. The van der Waals surface area contributed by atoms with E-state index in [0.29, 0.717) is 25.5 Å². The molecule has 0 spiro atoms. The summed E-state index contributed by atoms with van der Waals surface area (Å²) in [5, 5.41) is 6.35. The summed E-state index contributed by atoms with van der Waals surface area (Å²) in [6, 6.07) is -0.152. The van der Waals surface area contributed by atoms with E-state index in [1.807, 2.05) is 6.92 Å². The number of hydrogen-bond acceptors (Lipinski definition) is 2. The number of likely N-dealkylation sites (N-methyl/N-ethyl adjacent to an activating group) is 1. The average molecular weight is 478 g/mol. The Balaban J connectivity index is 0.00000576. The van der Waals surface area contributed by atoms with Crippen molar-refractivity contribution >= 4 is 29.9 Å². The van der Waals surface area contributed by atoms with E-state index in [1.165, 1.54) is 0 Å². The SMILES string of the molecule is CCCN(CC)CCN=C(NCC)NC1CCCC(C(F)(F)F)C1.I. The molecule has 0 aromatic heterocycles. The van der Waals surface area contributed by atoms with Crippen LogP contribution >= 0.6 is 24.0 Å². The second-order valence-electron chi connectivity index (χ2n) is 6.44. The van der Waals surface area contributed by atoms with Crippen LogP contribution in [0.1, 0.15) is 52.9 Å². The molecule has 0 saturated heterocycles. The molecule has 4 nitrogen and oxygen atoms in total. The molecule has 0 aromatic carbocycles. The predicted octanol–water partition coefficient (Wildman–Crippen LogP) is 4.01. The van der Waals surface area contributed by atoms with Gasteiger partial charge in [0.25, 0.3) is 0 Å². The van der Waals surface area contributed by atoms with E-state index in [-0.39, 0.29) is 42.9 Å². The Bertz CT molecular complexity index is 377. The lowest BCUT2D eigenvalue weighted by Crippen LogP contribution is -2.47. The first kappa shape index (κ1) is 24.8. The van der Waals surface area contributed by atoms with Gasteiger partial charge in [0, 0.05) is 19.1 Å². The summed E-state index contributed by atoms with van der Waals surface area (Å²) in [5.41, 5.74) is 0. The van der Waals surface area contributed by atoms with Crippen LogP contribution in [0.3, 0.4) is 0 Å². The van der Waals surface area contributed by atoms with E-state index in [0.717, 1.165) is 32.5 Å². The Morgan fingerprint density at radius 1 is 1.16 bits per heavy atom. The molecule has 25 heavy (non-hydrogen) atoms. The lowest BCUT2D eigenvalue weighted by Gasteiger charge is -2.32. The zero-order valence-corrected chi connectivity index (χ0v) is 18.0. The summed E-state index contributed by atoms with van der Waals surface area (Å²) in [4.78, 5) is 6.86. The van der Waals surface area contributed by atoms with Gasteiger partial charge >= 0.3 is 6.18 Å². The first-order valence-electron chi connectivity index (χ1n) is 9.24. The van der Waals surface area contributed by atoms with Gasteiger partial charge in [0.15, 0.2) is 5.96 Å². The molecule has 2 unspecified atom stereocenters. The standard InChI is InChI=1S/C17H33F3N4.HI/c1-4-11-24(6-3)12-10-22-16(21-5-2)23-15-9-7-8-14(13-15)17(18,19)20;/h14-15H,4-13H2,1-3H3,(H2,21,22,23);1H.